The van der Waals surface area contributed by atoms with Crippen LogP contribution in [0.2, 0.25) is 0 Å². The van der Waals surface area contributed by atoms with Gasteiger partial charge in [0.25, 0.3) is 0 Å². The number of hydrogen-bond acceptors (Lipinski definition) is 4. The van der Waals surface area contributed by atoms with Crippen LogP contribution in [0, 0.1) is 11.3 Å². The summed E-state index contributed by atoms with van der Waals surface area (Å²) >= 11 is 0. The molecule has 0 amide bonds. The largest absolute Gasteiger partial charge is 0.346 e. The lowest BCUT2D eigenvalue weighted by atomic mass is 10.2. The molecule has 25 heavy (non-hydrogen) atoms. The van der Waals surface area contributed by atoms with Gasteiger partial charge in [-0.2, -0.15) is 5.26 Å². The first-order chi connectivity index (χ1) is 12.2. The number of pyridine rings is 1. The maximum absolute atomic E-state index is 8.98. The summed E-state index contributed by atoms with van der Waals surface area (Å²) in [6.07, 6.45) is 3.83. The maximum Gasteiger partial charge on any atom is 0.132 e. The highest BCUT2D eigenvalue weighted by atomic mass is 15.3. The van der Waals surface area contributed by atoms with Crippen LogP contribution in [0.3, 0.4) is 0 Å². The predicted octanol–water partition coefficient (Wildman–Crippen LogP) is 4.23. The summed E-state index contributed by atoms with van der Waals surface area (Å²) in [5.41, 5.74) is 2.83. The molecule has 2 aromatic heterocycles. The molecule has 0 spiro atoms. The van der Waals surface area contributed by atoms with Crippen molar-refractivity contribution in [2.45, 2.75) is 38.8 Å². The topological polar surface area (TPSA) is 57.7 Å². The van der Waals surface area contributed by atoms with Crippen LogP contribution in [0.1, 0.15) is 50.2 Å². The number of nitriles is 1. The maximum atomic E-state index is 8.98. The SMILES string of the molecule is CC(C)n1c([C@H]2CCCN2c2ccc(C#N)cn2)nc2ccccc21. The highest BCUT2D eigenvalue weighted by Gasteiger charge is 2.32. The number of benzene rings is 1. The van der Waals surface area contributed by atoms with E-state index < -0.39 is 0 Å². The summed E-state index contributed by atoms with van der Waals surface area (Å²) in [6.45, 7) is 5.37. The van der Waals surface area contributed by atoms with Gasteiger partial charge < -0.3 is 9.47 Å². The average Bonchev–Trinajstić information content (AvgIpc) is 3.25. The summed E-state index contributed by atoms with van der Waals surface area (Å²) in [6, 6.07) is 14.8. The van der Waals surface area contributed by atoms with Gasteiger partial charge in [-0.25, -0.2) is 9.97 Å². The van der Waals surface area contributed by atoms with Crippen LogP contribution in [0.15, 0.2) is 42.6 Å². The van der Waals surface area contributed by atoms with E-state index in [1.807, 2.05) is 18.2 Å². The van der Waals surface area contributed by atoms with Gasteiger partial charge in [0, 0.05) is 18.8 Å². The Labute approximate surface area is 147 Å². The molecule has 126 valence electrons. The van der Waals surface area contributed by atoms with Gasteiger partial charge >= 0.3 is 0 Å². The fraction of sp³-hybridized carbons (Fsp3) is 0.350. The molecule has 0 bridgehead atoms. The normalized spacial score (nSPS) is 17.4. The Bertz CT molecular complexity index is 933. The van der Waals surface area contributed by atoms with Gasteiger partial charge in [0.15, 0.2) is 0 Å². The van der Waals surface area contributed by atoms with Crippen LogP contribution < -0.4 is 4.90 Å². The van der Waals surface area contributed by atoms with E-state index >= 15 is 0 Å². The van der Waals surface area contributed by atoms with Crippen molar-refractivity contribution in [1.82, 2.24) is 14.5 Å². The Morgan fingerprint density at radius 2 is 2.04 bits per heavy atom. The van der Waals surface area contributed by atoms with Crippen molar-refractivity contribution >= 4 is 16.9 Å². The Morgan fingerprint density at radius 1 is 1.20 bits per heavy atom. The van der Waals surface area contributed by atoms with Crippen molar-refractivity contribution in [3.63, 3.8) is 0 Å². The molecule has 0 radical (unpaired) electrons. The molecule has 4 rings (SSSR count). The van der Waals surface area contributed by atoms with Crippen LogP contribution in [-0.2, 0) is 0 Å². The lowest BCUT2D eigenvalue weighted by Gasteiger charge is -2.27. The predicted molar refractivity (Wildman–Crippen MR) is 98.4 cm³/mol. The van der Waals surface area contributed by atoms with Crippen molar-refractivity contribution < 1.29 is 0 Å². The number of rotatable bonds is 3. The Kier molecular flexibility index (Phi) is 3.89. The average molecular weight is 331 g/mol. The zero-order valence-corrected chi connectivity index (χ0v) is 14.6. The van der Waals surface area contributed by atoms with Gasteiger partial charge in [-0.1, -0.05) is 12.1 Å². The Hall–Kier alpha value is -2.87. The second-order valence-electron chi connectivity index (χ2n) is 6.79. The quantitative estimate of drug-likeness (QED) is 0.721. The van der Waals surface area contributed by atoms with E-state index in [4.69, 9.17) is 10.2 Å². The van der Waals surface area contributed by atoms with Crippen molar-refractivity contribution in [2.24, 2.45) is 0 Å². The van der Waals surface area contributed by atoms with E-state index in [9.17, 15) is 0 Å². The molecule has 0 unspecified atom stereocenters. The summed E-state index contributed by atoms with van der Waals surface area (Å²) in [5, 5.41) is 8.98. The fourth-order valence-corrected chi connectivity index (χ4v) is 3.77. The van der Waals surface area contributed by atoms with Gasteiger partial charge in [0.2, 0.25) is 0 Å². The van der Waals surface area contributed by atoms with Crippen molar-refractivity contribution in [2.75, 3.05) is 11.4 Å². The smallest absolute Gasteiger partial charge is 0.132 e. The monoisotopic (exact) mass is 331 g/mol. The Morgan fingerprint density at radius 3 is 2.76 bits per heavy atom. The molecule has 5 nitrogen and oxygen atoms in total. The summed E-state index contributed by atoms with van der Waals surface area (Å²) in [7, 11) is 0. The van der Waals surface area contributed by atoms with Gasteiger partial charge in [-0.15, -0.1) is 0 Å². The van der Waals surface area contributed by atoms with Crippen molar-refractivity contribution in [1.29, 1.82) is 5.26 Å². The summed E-state index contributed by atoms with van der Waals surface area (Å²) in [4.78, 5) is 11.8. The minimum atomic E-state index is 0.218. The lowest BCUT2D eigenvalue weighted by molar-refractivity contribution is 0.539. The number of hydrogen-bond donors (Lipinski definition) is 0. The minimum absolute atomic E-state index is 0.218. The Balaban J connectivity index is 1.79. The molecule has 3 aromatic rings. The van der Waals surface area contributed by atoms with Gasteiger partial charge in [0.05, 0.1) is 22.6 Å². The van der Waals surface area contributed by atoms with E-state index in [0.29, 0.717) is 11.6 Å². The molecule has 0 saturated carbocycles. The van der Waals surface area contributed by atoms with Crippen molar-refractivity contribution in [3.8, 4) is 6.07 Å². The molecule has 0 N–H and O–H groups in total. The van der Waals surface area contributed by atoms with Crippen LogP contribution in [-0.4, -0.2) is 21.1 Å². The standard InChI is InChI=1S/C20H21N5/c1-14(2)25-17-7-4-3-6-16(17)23-20(25)18-8-5-11-24(18)19-10-9-15(12-21)13-22-19/h3-4,6-7,9-10,13-14,18H,5,8,11H2,1-2H3/t18-/m1/s1. The van der Waals surface area contributed by atoms with E-state index in [1.54, 1.807) is 6.20 Å². The summed E-state index contributed by atoms with van der Waals surface area (Å²) < 4.78 is 2.35. The zero-order valence-electron chi connectivity index (χ0n) is 14.6. The third-order valence-electron chi connectivity index (χ3n) is 4.86. The van der Waals surface area contributed by atoms with Gasteiger partial charge in [-0.05, 0) is 51.0 Å². The molecule has 5 heteroatoms. The van der Waals surface area contributed by atoms with E-state index in [2.05, 4.69) is 52.6 Å². The van der Waals surface area contributed by atoms with E-state index in [1.165, 1.54) is 5.52 Å². The zero-order chi connectivity index (χ0) is 17.4. The number of nitrogens with zero attached hydrogens (tertiary/aromatic N) is 5. The first-order valence-electron chi connectivity index (χ1n) is 8.78. The third-order valence-corrected chi connectivity index (χ3v) is 4.86. The highest BCUT2D eigenvalue weighted by molar-refractivity contribution is 5.76. The third kappa shape index (κ3) is 2.64. The molecule has 1 aliphatic rings. The molecule has 1 atom stereocenters. The summed E-state index contributed by atoms with van der Waals surface area (Å²) in [5.74, 6) is 2.03. The van der Waals surface area contributed by atoms with E-state index in [-0.39, 0.29) is 6.04 Å². The molecular weight excluding hydrogens is 310 g/mol. The number of aromatic nitrogens is 3. The number of para-hydroxylation sites is 2. The molecule has 1 aliphatic heterocycles. The number of imidazole rings is 1. The second kappa shape index (κ2) is 6.21. The van der Waals surface area contributed by atoms with Gasteiger partial charge in [0.1, 0.15) is 17.7 Å². The first kappa shape index (κ1) is 15.6. The molecule has 1 saturated heterocycles. The number of anilines is 1. The molecule has 1 fully saturated rings. The van der Waals surface area contributed by atoms with Crippen molar-refractivity contribution in [3.05, 3.63) is 54.0 Å². The van der Waals surface area contributed by atoms with E-state index in [0.717, 1.165) is 36.5 Å². The first-order valence-corrected chi connectivity index (χ1v) is 8.78. The minimum Gasteiger partial charge on any atom is -0.346 e. The molecule has 1 aromatic carbocycles. The second-order valence-corrected chi connectivity index (χ2v) is 6.79. The fourth-order valence-electron chi connectivity index (χ4n) is 3.77. The molecular formula is C20H21N5. The van der Waals surface area contributed by atoms with Gasteiger partial charge in [-0.3, -0.25) is 0 Å². The van der Waals surface area contributed by atoms with Crippen LogP contribution in [0.4, 0.5) is 5.82 Å². The van der Waals surface area contributed by atoms with Crippen LogP contribution >= 0.6 is 0 Å². The molecule has 0 aliphatic carbocycles. The molecule has 3 heterocycles. The number of fused-ring (bicyclic) bond motifs is 1. The van der Waals surface area contributed by atoms with Crippen LogP contribution in [0.5, 0.6) is 0 Å². The lowest BCUT2D eigenvalue weighted by Crippen LogP contribution is -2.26. The van der Waals surface area contributed by atoms with Crippen LogP contribution in [0.25, 0.3) is 11.0 Å². The highest BCUT2D eigenvalue weighted by Crippen LogP contribution is 2.37.